The molecule has 0 aliphatic carbocycles. The van der Waals surface area contributed by atoms with Crippen LogP contribution in [0, 0.1) is 6.92 Å². The molecule has 0 aliphatic heterocycles. The second-order valence-electron chi connectivity index (χ2n) is 6.70. The van der Waals surface area contributed by atoms with Crippen molar-refractivity contribution in [2.24, 2.45) is 5.14 Å². The number of nitrogens with one attached hydrogen (secondary N) is 1. The average Bonchev–Trinajstić information content (AvgIpc) is 3.22. The van der Waals surface area contributed by atoms with Gasteiger partial charge >= 0.3 is 5.97 Å². The van der Waals surface area contributed by atoms with Gasteiger partial charge in [0.1, 0.15) is 0 Å². The van der Waals surface area contributed by atoms with Crippen LogP contribution in [0.5, 0.6) is 0 Å². The largest absolute Gasteiger partial charge is 0.449 e. The van der Waals surface area contributed by atoms with Gasteiger partial charge in [0, 0.05) is 23.8 Å². The van der Waals surface area contributed by atoms with Crippen LogP contribution in [0.15, 0.2) is 71.9 Å². The Balaban J connectivity index is 1.70. The first kappa shape index (κ1) is 21.3. The van der Waals surface area contributed by atoms with Crippen molar-refractivity contribution in [3.8, 4) is 5.69 Å². The van der Waals surface area contributed by atoms with Gasteiger partial charge in [0.05, 0.1) is 10.5 Å². The highest BCUT2D eigenvalue weighted by Gasteiger charge is 2.20. The van der Waals surface area contributed by atoms with Crippen molar-refractivity contribution >= 4 is 27.6 Å². The first-order valence-electron chi connectivity index (χ1n) is 9.04. The molecule has 156 valence electrons. The Labute approximate surface area is 174 Å². The fourth-order valence-corrected chi connectivity index (χ4v) is 3.35. The Morgan fingerprint density at radius 3 is 2.43 bits per heavy atom. The van der Waals surface area contributed by atoms with Crippen LogP contribution >= 0.6 is 0 Å². The van der Waals surface area contributed by atoms with E-state index in [1.807, 2.05) is 36.0 Å². The summed E-state index contributed by atoms with van der Waals surface area (Å²) >= 11 is 0. The highest BCUT2D eigenvalue weighted by molar-refractivity contribution is 7.89. The molecule has 0 spiro atoms. The van der Waals surface area contributed by atoms with Crippen LogP contribution in [0.1, 0.15) is 22.8 Å². The number of rotatable bonds is 6. The fourth-order valence-electron chi connectivity index (χ4n) is 2.79. The van der Waals surface area contributed by atoms with Crippen LogP contribution in [0.25, 0.3) is 5.69 Å². The second-order valence-corrected chi connectivity index (χ2v) is 8.26. The number of carbonyl (C=O) groups excluding carboxylic acids is 2. The molecule has 0 saturated heterocycles. The van der Waals surface area contributed by atoms with Crippen LogP contribution in [-0.4, -0.2) is 31.0 Å². The lowest BCUT2D eigenvalue weighted by atomic mass is 10.1. The van der Waals surface area contributed by atoms with Gasteiger partial charge in [-0.25, -0.2) is 18.4 Å². The number of aryl methyl sites for hydroxylation is 1. The van der Waals surface area contributed by atoms with Gasteiger partial charge in [-0.15, -0.1) is 0 Å². The smallest absolute Gasteiger partial charge is 0.338 e. The Kier molecular flexibility index (Phi) is 6.04. The minimum absolute atomic E-state index is 0.137. The van der Waals surface area contributed by atoms with E-state index in [-0.39, 0.29) is 10.6 Å². The molecule has 3 aromatic rings. The molecule has 30 heavy (non-hydrogen) atoms. The van der Waals surface area contributed by atoms with E-state index >= 15 is 0 Å². The molecule has 8 nitrogen and oxygen atoms in total. The summed E-state index contributed by atoms with van der Waals surface area (Å²) in [7, 11) is -3.90. The predicted molar refractivity (Wildman–Crippen MR) is 112 cm³/mol. The molecular weight excluding hydrogens is 406 g/mol. The standard InChI is InChI=1S/C21H21N3O5S/c1-14-8-9-16(12-19(14)24-10-3-4-11-24)21(26)29-15(2)20(25)23-17-6-5-7-18(13-17)30(22,27)28/h3-13,15H,1-2H3,(H,23,25)(H2,22,27,28). The summed E-state index contributed by atoms with van der Waals surface area (Å²) in [6, 6.07) is 14.4. The first-order valence-corrected chi connectivity index (χ1v) is 10.6. The van der Waals surface area contributed by atoms with Gasteiger partial charge in [-0.2, -0.15) is 0 Å². The van der Waals surface area contributed by atoms with Crippen LogP contribution in [-0.2, 0) is 19.6 Å². The van der Waals surface area contributed by atoms with Gasteiger partial charge < -0.3 is 14.6 Å². The number of sulfonamides is 1. The molecule has 3 rings (SSSR count). The van der Waals surface area contributed by atoms with Gasteiger partial charge in [0.25, 0.3) is 5.91 Å². The maximum atomic E-state index is 12.5. The second kappa shape index (κ2) is 8.52. The SMILES string of the molecule is Cc1ccc(C(=O)OC(C)C(=O)Nc2cccc(S(N)(=O)=O)c2)cc1-n1cccc1. The topological polar surface area (TPSA) is 120 Å². The monoisotopic (exact) mass is 427 g/mol. The van der Waals surface area contributed by atoms with E-state index < -0.39 is 28.0 Å². The maximum Gasteiger partial charge on any atom is 0.338 e. The summed E-state index contributed by atoms with van der Waals surface area (Å²) in [4.78, 5) is 24.8. The molecule has 0 aliphatic rings. The van der Waals surface area contributed by atoms with E-state index in [0.717, 1.165) is 11.3 Å². The van der Waals surface area contributed by atoms with Gasteiger partial charge in [-0.3, -0.25) is 4.79 Å². The lowest BCUT2D eigenvalue weighted by molar-refractivity contribution is -0.123. The van der Waals surface area contributed by atoms with Crippen molar-refractivity contribution in [1.29, 1.82) is 0 Å². The molecule has 2 aromatic carbocycles. The number of nitrogens with zero attached hydrogens (tertiary/aromatic N) is 1. The van der Waals surface area contributed by atoms with Crippen LogP contribution in [0.2, 0.25) is 0 Å². The molecule has 0 saturated carbocycles. The number of benzene rings is 2. The number of nitrogens with two attached hydrogens (primary N) is 1. The Hall–Kier alpha value is -3.43. The molecule has 1 unspecified atom stereocenters. The van der Waals surface area contributed by atoms with Crippen LogP contribution < -0.4 is 10.5 Å². The number of anilines is 1. The normalized spacial score (nSPS) is 12.2. The molecule has 0 bridgehead atoms. The van der Waals surface area contributed by atoms with Crippen LogP contribution in [0.3, 0.4) is 0 Å². The van der Waals surface area contributed by atoms with E-state index in [1.165, 1.54) is 31.2 Å². The summed E-state index contributed by atoms with van der Waals surface area (Å²) in [5, 5.41) is 7.61. The molecular formula is C21H21N3O5S. The summed E-state index contributed by atoms with van der Waals surface area (Å²) in [6.45, 7) is 3.36. The molecule has 0 fully saturated rings. The van der Waals surface area contributed by atoms with Crippen molar-refractivity contribution in [1.82, 2.24) is 4.57 Å². The molecule has 1 heterocycles. The number of ether oxygens (including phenoxy) is 1. The zero-order valence-corrected chi connectivity index (χ0v) is 17.2. The fraction of sp³-hybridized carbons (Fsp3) is 0.143. The molecule has 1 aromatic heterocycles. The van der Waals surface area contributed by atoms with E-state index in [2.05, 4.69) is 5.32 Å². The Morgan fingerprint density at radius 1 is 1.07 bits per heavy atom. The predicted octanol–water partition coefficient (Wildman–Crippen LogP) is 2.62. The third kappa shape index (κ3) is 4.94. The summed E-state index contributed by atoms with van der Waals surface area (Å²) < 4.78 is 30.0. The van der Waals surface area contributed by atoms with Gasteiger partial charge in [-0.1, -0.05) is 12.1 Å². The number of hydrogen-bond donors (Lipinski definition) is 2. The van der Waals surface area contributed by atoms with Crippen molar-refractivity contribution in [2.45, 2.75) is 24.8 Å². The molecule has 1 atom stereocenters. The Bertz CT molecular complexity index is 1190. The Morgan fingerprint density at radius 2 is 1.77 bits per heavy atom. The number of primary sulfonamides is 1. The molecule has 1 amide bonds. The quantitative estimate of drug-likeness (QED) is 0.586. The maximum absolute atomic E-state index is 12.5. The third-order valence-electron chi connectivity index (χ3n) is 4.41. The average molecular weight is 427 g/mol. The van der Waals surface area contributed by atoms with Gasteiger partial charge in [-0.05, 0) is 61.9 Å². The summed E-state index contributed by atoms with van der Waals surface area (Å²) in [6.07, 6.45) is 2.62. The lowest BCUT2D eigenvalue weighted by Crippen LogP contribution is -2.30. The molecule has 9 heteroatoms. The number of esters is 1. The number of amides is 1. The van der Waals surface area contributed by atoms with Crippen LogP contribution in [0.4, 0.5) is 5.69 Å². The van der Waals surface area contributed by atoms with E-state index in [9.17, 15) is 18.0 Å². The van der Waals surface area contributed by atoms with E-state index in [4.69, 9.17) is 9.88 Å². The number of aromatic nitrogens is 1. The molecule has 3 N–H and O–H groups in total. The minimum Gasteiger partial charge on any atom is -0.449 e. The van der Waals surface area contributed by atoms with Crippen molar-refractivity contribution < 1.29 is 22.7 Å². The number of carbonyl (C=O) groups is 2. The summed E-state index contributed by atoms with van der Waals surface area (Å²) in [5.74, 6) is -1.25. The highest BCUT2D eigenvalue weighted by atomic mass is 32.2. The zero-order chi connectivity index (χ0) is 21.9. The summed E-state index contributed by atoms with van der Waals surface area (Å²) in [5.41, 5.74) is 2.33. The van der Waals surface area contributed by atoms with E-state index in [0.29, 0.717) is 5.56 Å². The van der Waals surface area contributed by atoms with E-state index in [1.54, 1.807) is 18.2 Å². The molecule has 0 radical (unpaired) electrons. The van der Waals surface area contributed by atoms with Crippen molar-refractivity contribution in [3.05, 3.63) is 78.1 Å². The van der Waals surface area contributed by atoms with Gasteiger partial charge in [0.2, 0.25) is 10.0 Å². The zero-order valence-electron chi connectivity index (χ0n) is 16.4. The first-order chi connectivity index (χ1) is 14.1. The van der Waals surface area contributed by atoms with Gasteiger partial charge in [0.15, 0.2) is 6.10 Å². The third-order valence-corrected chi connectivity index (χ3v) is 5.32. The lowest BCUT2D eigenvalue weighted by Gasteiger charge is -2.15. The highest BCUT2D eigenvalue weighted by Crippen LogP contribution is 2.18. The minimum atomic E-state index is -3.90. The number of hydrogen-bond acceptors (Lipinski definition) is 5. The van der Waals surface area contributed by atoms with Crippen molar-refractivity contribution in [2.75, 3.05) is 5.32 Å². The van der Waals surface area contributed by atoms with Crippen molar-refractivity contribution in [3.63, 3.8) is 0 Å².